The summed E-state index contributed by atoms with van der Waals surface area (Å²) in [6, 6.07) is 16.1. The number of nitrogens with zero attached hydrogens (tertiary/aromatic N) is 6. The third kappa shape index (κ3) is 16.6. The second-order valence-electron chi connectivity index (χ2n) is 6.57. The van der Waals surface area contributed by atoms with Gasteiger partial charge in [0.15, 0.2) is 0 Å². The summed E-state index contributed by atoms with van der Waals surface area (Å²) < 4.78 is 47.2. The van der Waals surface area contributed by atoms with Crippen LogP contribution < -0.4 is 11.5 Å². The molecule has 5 aromatic rings. The van der Waals surface area contributed by atoms with E-state index in [2.05, 4.69) is 29.9 Å². The Morgan fingerprint density at radius 3 is 1.21 bits per heavy atom. The molecule has 0 radical (unpaired) electrons. The lowest BCUT2D eigenvalue weighted by atomic mass is 10.3. The Labute approximate surface area is 217 Å². The van der Waals surface area contributed by atoms with Crippen molar-refractivity contribution in [2.24, 2.45) is 0 Å². The molecule has 5 rings (SSSR count). The van der Waals surface area contributed by atoms with E-state index in [0.29, 0.717) is 5.82 Å². The summed E-state index contributed by atoms with van der Waals surface area (Å²) in [5, 5.41) is 0. The van der Waals surface area contributed by atoms with Crippen molar-refractivity contribution in [1.29, 1.82) is 0 Å². The maximum Gasteiger partial charge on any atom is 0.264 e. The van der Waals surface area contributed by atoms with E-state index in [1.165, 1.54) is 36.8 Å². The van der Waals surface area contributed by atoms with Crippen molar-refractivity contribution >= 4 is 11.6 Å². The predicted octanol–water partition coefficient (Wildman–Crippen LogP) is 5.84. The van der Waals surface area contributed by atoms with Crippen LogP contribution in [0.5, 0.6) is 0 Å². The van der Waals surface area contributed by atoms with Crippen molar-refractivity contribution in [3.63, 3.8) is 0 Å². The van der Waals surface area contributed by atoms with Gasteiger partial charge in [-0.05, 0) is 48.5 Å². The molecule has 0 atom stereocenters. The van der Waals surface area contributed by atoms with Crippen LogP contribution in [0, 0.1) is 0 Å². The number of rotatable bonds is 2. The number of alkyl halides is 4. The van der Waals surface area contributed by atoms with E-state index >= 15 is 0 Å². The van der Waals surface area contributed by atoms with E-state index in [9.17, 15) is 17.6 Å². The lowest BCUT2D eigenvalue weighted by Crippen LogP contribution is -1.91. The molecule has 12 heteroatoms. The molecule has 0 unspecified atom stereocenters. The molecule has 0 aliphatic rings. The largest absolute Gasteiger partial charge is 0.384 e. The van der Waals surface area contributed by atoms with Crippen molar-refractivity contribution in [2.45, 2.75) is 12.9 Å². The zero-order valence-electron chi connectivity index (χ0n) is 20.1. The van der Waals surface area contributed by atoms with Gasteiger partial charge in [0.1, 0.15) is 11.6 Å². The van der Waals surface area contributed by atoms with Crippen LogP contribution in [0.3, 0.4) is 0 Å². The SMILES string of the molecule is FC(F)c1ccncc1.Nc1cc(C(F)F)ccn1.Nc1ccccn1.c1ccncc1.c1cnccn1. The number of aromatic nitrogens is 6. The Kier molecular flexibility index (Phi) is 16.5. The number of anilines is 2. The number of nitrogens with two attached hydrogens (primary N) is 2. The van der Waals surface area contributed by atoms with Crippen LogP contribution in [0.25, 0.3) is 0 Å². The van der Waals surface area contributed by atoms with E-state index in [1.807, 2.05) is 30.3 Å². The number of halogens is 4. The molecule has 0 aliphatic heterocycles. The van der Waals surface area contributed by atoms with Crippen molar-refractivity contribution in [2.75, 3.05) is 11.5 Å². The molecule has 0 saturated heterocycles. The molecule has 38 heavy (non-hydrogen) atoms. The van der Waals surface area contributed by atoms with Gasteiger partial charge >= 0.3 is 0 Å². The van der Waals surface area contributed by atoms with E-state index in [-0.39, 0.29) is 16.9 Å². The molecule has 0 aromatic carbocycles. The third-order valence-electron chi connectivity index (χ3n) is 3.75. The summed E-state index contributed by atoms with van der Waals surface area (Å²) in [7, 11) is 0. The highest BCUT2D eigenvalue weighted by Gasteiger charge is 2.05. The van der Waals surface area contributed by atoms with E-state index in [0.717, 1.165) is 6.07 Å². The summed E-state index contributed by atoms with van der Waals surface area (Å²) >= 11 is 0. The molecular formula is C26H26F4N8. The highest BCUT2D eigenvalue weighted by Crippen LogP contribution is 2.18. The van der Waals surface area contributed by atoms with Gasteiger partial charge in [-0.1, -0.05) is 12.1 Å². The zero-order chi connectivity index (χ0) is 27.8. The molecular weight excluding hydrogens is 500 g/mol. The van der Waals surface area contributed by atoms with Gasteiger partial charge in [-0.3, -0.25) is 19.9 Å². The molecule has 5 aromatic heterocycles. The summed E-state index contributed by atoms with van der Waals surface area (Å²) in [5.74, 6) is 0.695. The van der Waals surface area contributed by atoms with Crippen LogP contribution in [-0.2, 0) is 0 Å². The molecule has 0 amide bonds. The van der Waals surface area contributed by atoms with Gasteiger partial charge in [0.05, 0.1) is 0 Å². The van der Waals surface area contributed by atoms with Gasteiger partial charge in [0.2, 0.25) is 0 Å². The van der Waals surface area contributed by atoms with Crippen LogP contribution in [-0.4, -0.2) is 29.9 Å². The highest BCUT2D eigenvalue weighted by molar-refractivity contribution is 5.32. The Morgan fingerprint density at radius 2 is 0.921 bits per heavy atom. The fourth-order valence-corrected chi connectivity index (χ4v) is 2.05. The van der Waals surface area contributed by atoms with Gasteiger partial charge < -0.3 is 11.5 Å². The molecule has 0 spiro atoms. The van der Waals surface area contributed by atoms with Gasteiger partial charge in [-0.15, -0.1) is 0 Å². The second kappa shape index (κ2) is 20.2. The number of nitrogen functional groups attached to an aromatic ring is 2. The average Bonchev–Trinajstić information content (AvgIpc) is 2.97. The standard InChI is InChI=1S/C6H6F2N2.C6H5F2N.C5H6N2.C5H5N.C4H4N2/c7-6(8)4-1-2-10-5(9)3-4;7-6(8)5-1-3-9-4-2-5;6-5-3-1-2-4-7-5;1-2-4-6-5-3-1;1-2-6-4-3-5-1/h1-3,6H,(H2,9,10);1-4,6H;1-4H,(H2,6,7);1-5H;1-4H. The maximum absolute atomic E-state index is 11.9. The van der Waals surface area contributed by atoms with Gasteiger partial charge in [-0.2, -0.15) is 0 Å². The first-order valence-corrected chi connectivity index (χ1v) is 10.8. The lowest BCUT2D eigenvalue weighted by molar-refractivity contribution is 0.151. The highest BCUT2D eigenvalue weighted by atomic mass is 19.3. The Balaban J connectivity index is 0.000000241. The first-order valence-electron chi connectivity index (χ1n) is 10.8. The fourth-order valence-electron chi connectivity index (χ4n) is 2.05. The molecule has 0 aliphatic carbocycles. The smallest absolute Gasteiger partial charge is 0.264 e. The number of hydrogen-bond donors (Lipinski definition) is 2. The lowest BCUT2D eigenvalue weighted by Gasteiger charge is -1.97. The van der Waals surface area contributed by atoms with E-state index < -0.39 is 12.9 Å². The van der Waals surface area contributed by atoms with Crippen molar-refractivity contribution < 1.29 is 17.6 Å². The predicted molar refractivity (Wildman–Crippen MR) is 138 cm³/mol. The first-order chi connectivity index (χ1) is 18.4. The van der Waals surface area contributed by atoms with E-state index in [1.54, 1.807) is 49.4 Å². The second-order valence-corrected chi connectivity index (χ2v) is 6.57. The van der Waals surface area contributed by atoms with Crippen LogP contribution in [0.4, 0.5) is 29.2 Å². The molecule has 198 valence electrons. The first kappa shape index (κ1) is 31.0. The minimum Gasteiger partial charge on any atom is -0.384 e. The average molecular weight is 527 g/mol. The molecule has 0 saturated carbocycles. The number of hydrogen-bond acceptors (Lipinski definition) is 8. The monoisotopic (exact) mass is 526 g/mol. The fraction of sp³-hybridized carbons (Fsp3) is 0.0769. The van der Waals surface area contributed by atoms with Gasteiger partial charge in [0.25, 0.3) is 12.9 Å². The molecule has 5 heterocycles. The minimum atomic E-state index is -2.47. The Morgan fingerprint density at radius 1 is 0.447 bits per heavy atom. The van der Waals surface area contributed by atoms with Gasteiger partial charge in [0, 0.05) is 73.1 Å². The maximum atomic E-state index is 11.9. The molecule has 0 bridgehead atoms. The Hall–Kier alpha value is -5.00. The molecule has 8 nitrogen and oxygen atoms in total. The molecule has 4 N–H and O–H groups in total. The van der Waals surface area contributed by atoms with Crippen molar-refractivity contribution in [3.05, 3.63) is 134 Å². The van der Waals surface area contributed by atoms with Crippen LogP contribution in [0.2, 0.25) is 0 Å². The quantitative estimate of drug-likeness (QED) is 0.274. The van der Waals surface area contributed by atoms with Crippen LogP contribution in [0.15, 0.2) is 123 Å². The van der Waals surface area contributed by atoms with Crippen molar-refractivity contribution in [3.8, 4) is 0 Å². The Bertz CT molecular complexity index is 1110. The third-order valence-corrected chi connectivity index (χ3v) is 3.75. The van der Waals surface area contributed by atoms with Crippen molar-refractivity contribution in [1.82, 2.24) is 29.9 Å². The summed E-state index contributed by atoms with van der Waals surface area (Å²) in [6.45, 7) is 0. The van der Waals surface area contributed by atoms with Gasteiger partial charge in [-0.25, -0.2) is 27.5 Å². The van der Waals surface area contributed by atoms with Crippen LogP contribution in [0.1, 0.15) is 24.0 Å². The summed E-state index contributed by atoms with van der Waals surface area (Å²) in [6.07, 6.45) is 10.8. The minimum absolute atomic E-state index is 0.0185. The van der Waals surface area contributed by atoms with Crippen LogP contribution >= 0.6 is 0 Å². The zero-order valence-corrected chi connectivity index (χ0v) is 20.1. The normalized spacial score (nSPS) is 9.21. The van der Waals surface area contributed by atoms with E-state index in [4.69, 9.17) is 11.5 Å². The summed E-state index contributed by atoms with van der Waals surface area (Å²) in [5.41, 5.74) is 10.3. The summed E-state index contributed by atoms with van der Waals surface area (Å²) in [4.78, 5) is 22.1. The topological polar surface area (TPSA) is 129 Å². The molecule has 0 fully saturated rings. The number of pyridine rings is 4.